The van der Waals surface area contributed by atoms with E-state index in [0.717, 1.165) is 24.4 Å². The van der Waals surface area contributed by atoms with E-state index in [2.05, 4.69) is 65.9 Å². The molecular weight excluding hydrogens is 270 g/mol. The maximum absolute atomic E-state index is 4.59. The summed E-state index contributed by atoms with van der Waals surface area (Å²) >= 11 is 0. The fraction of sp³-hybridized carbons (Fsp3) is 0.316. The van der Waals surface area contributed by atoms with Crippen molar-refractivity contribution in [3.05, 3.63) is 71.7 Å². The van der Waals surface area contributed by atoms with E-state index in [1.807, 2.05) is 24.4 Å². The predicted molar refractivity (Wildman–Crippen MR) is 90.9 cm³/mol. The Labute approximate surface area is 132 Å². The maximum Gasteiger partial charge on any atom is 0.137 e. The van der Waals surface area contributed by atoms with Gasteiger partial charge in [-0.25, -0.2) is 4.98 Å². The Kier molecular flexibility index (Phi) is 3.99. The second-order valence-electron chi connectivity index (χ2n) is 6.75. The molecule has 2 aromatic heterocycles. The van der Waals surface area contributed by atoms with E-state index in [1.54, 1.807) is 0 Å². The molecule has 0 amide bonds. The van der Waals surface area contributed by atoms with Crippen LogP contribution in [0.15, 0.2) is 54.9 Å². The Morgan fingerprint density at radius 1 is 1.00 bits per heavy atom. The van der Waals surface area contributed by atoms with Crippen molar-refractivity contribution >= 4 is 5.65 Å². The number of nitrogens with one attached hydrogen (secondary N) is 1. The summed E-state index contributed by atoms with van der Waals surface area (Å²) in [6.07, 6.45) is 4.10. The molecule has 0 bridgehead atoms. The van der Waals surface area contributed by atoms with Gasteiger partial charge in [0.1, 0.15) is 5.65 Å². The molecule has 2 heterocycles. The number of rotatable bonds is 4. The molecule has 0 aliphatic carbocycles. The van der Waals surface area contributed by atoms with Gasteiger partial charge in [-0.05, 0) is 28.7 Å². The zero-order valence-electron chi connectivity index (χ0n) is 13.5. The van der Waals surface area contributed by atoms with Gasteiger partial charge < -0.3 is 9.72 Å². The van der Waals surface area contributed by atoms with Crippen molar-refractivity contribution in [1.82, 2.24) is 14.7 Å². The van der Waals surface area contributed by atoms with Crippen molar-refractivity contribution in [2.75, 3.05) is 0 Å². The van der Waals surface area contributed by atoms with Crippen LogP contribution in [0, 0.1) is 0 Å². The monoisotopic (exact) mass is 293 g/mol. The van der Waals surface area contributed by atoms with E-state index < -0.39 is 0 Å². The van der Waals surface area contributed by atoms with Gasteiger partial charge in [0.15, 0.2) is 0 Å². The molecule has 0 saturated heterocycles. The first kappa shape index (κ1) is 14.8. The fourth-order valence-electron chi connectivity index (χ4n) is 2.53. The van der Waals surface area contributed by atoms with Gasteiger partial charge in [-0.1, -0.05) is 51.1 Å². The molecule has 22 heavy (non-hydrogen) atoms. The highest BCUT2D eigenvalue weighted by Crippen LogP contribution is 2.22. The van der Waals surface area contributed by atoms with Crippen molar-refractivity contribution in [1.29, 1.82) is 0 Å². The van der Waals surface area contributed by atoms with Crippen molar-refractivity contribution < 1.29 is 0 Å². The zero-order chi connectivity index (χ0) is 15.6. The van der Waals surface area contributed by atoms with Gasteiger partial charge in [0, 0.05) is 25.5 Å². The largest absolute Gasteiger partial charge is 0.307 e. The molecule has 0 radical (unpaired) electrons. The maximum atomic E-state index is 4.59. The lowest BCUT2D eigenvalue weighted by Gasteiger charge is -2.19. The van der Waals surface area contributed by atoms with Crippen molar-refractivity contribution in [2.24, 2.45) is 0 Å². The first-order valence-corrected chi connectivity index (χ1v) is 7.75. The molecule has 0 aliphatic rings. The number of pyridine rings is 1. The van der Waals surface area contributed by atoms with E-state index in [-0.39, 0.29) is 5.41 Å². The van der Waals surface area contributed by atoms with Gasteiger partial charge in [-0.2, -0.15) is 0 Å². The zero-order valence-corrected chi connectivity index (χ0v) is 13.5. The molecule has 0 atom stereocenters. The Hall–Kier alpha value is -2.13. The standard InChI is InChI=1S/C19H23N3/c1-19(2,3)16-9-7-15(8-10-16)12-20-13-17-14-22-11-5-4-6-18(22)21-17/h4-11,14,20H,12-13H2,1-3H3. The third-order valence-electron chi connectivity index (χ3n) is 3.87. The summed E-state index contributed by atoms with van der Waals surface area (Å²) in [4.78, 5) is 4.59. The van der Waals surface area contributed by atoms with E-state index in [0.29, 0.717) is 0 Å². The molecule has 3 aromatic rings. The van der Waals surface area contributed by atoms with Crippen LogP contribution in [0.1, 0.15) is 37.6 Å². The molecule has 3 rings (SSSR count). The molecule has 0 spiro atoms. The highest BCUT2D eigenvalue weighted by atomic mass is 15.0. The van der Waals surface area contributed by atoms with Gasteiger partial charge >= 0.3 is 0 Å². The van der Waals surface area contributed by atoms with E-state index in [9.17, 15) is 0 Å². The minimum Gasteiger partial charge on any atom is -0.307 e. The van der Waals surface area contributed by atoms with E-state index >= 15 is 0 Å². The van der Waals surface area contributed by atoms with E-state index in [1.165, 1.54) is 11.1 Å². The van der Waals surface area contributed by atoms with Gasteiger partial charge in [-0.3, -0.25) is 0 Å². The lowest BCUT2D eigenvalue weighted by atomic mass is 9.87. The summed E-state index contributed by atoms with van der Waals surface area (Å²) in [6.45, 7) is 8.36. The minimum absolute atomic E-state index is 0.211. The van der Waals surface area contributed by atoms with Crippen LogP contribution in [0.25, 0.3) is 5.65 Å². The molecule has 3 nitrogen and oxygen atoms in total. The fourth-order valence-corrected chi connectivity index (χ4v) is 2.53. The number of fused-ring (bicyclic) bond motifs is 1. The average Bonchev–Trinajstić information content (AvgIpc) is 2.89. The third kappa shape index (κ3) is 3.37. The van der Waals surface area contributed by atoms with E-state index in [4.69, 9.17) is 0 Å². The Morgan fingerprint density at radius 2 is 1.77 bits per heavy atom. The third-order valence-corrected chi connectivity index (χ3v) is 3.87. The molecule has 1 aromatic carbocycles. The summed E-state index contributed by atoms with van der Waals surface area (Å²) in [5.41, 5.74) is 4.95. The Balaban J connectivity index is 1.58. The van der Waals surface area contributed by atoms with Crippen molar-refractivity contribution in [2.45, 2.75) is 39.3 Å². The molecule has 0 saturated carbocycles. The van der Waals surface area contributed by atoms with Gasteiger partial charge in [0.05, 0.1) is 5.69 Å². The number of imidazole rings is 1. The SMILES string of the molecule is CC(C)(C)c1ccc(CNCc2cn3ccccc3n2)cc1. The van der Waals surface area contributed by atoms with Crippen LogP contribution >= 0.6 is 0 Å². The summed E-state index contributed by atoms with van der Waals surface area (Å²) in [5.74, 6) is 0. The quantitative estimate of drug-likeness (QED) is 0.790. The van der Waals surface area contributed by atoms with Crippen LogP contribution in [0.5, 0.6) is 0 Å². The van der Waals surface area contributed by atoms with Crippen LogP contribution in [0.3, 0.4) is 0 Å². The van der Waals surface area contributed by atoms with Crippen LogP contribution < -0.4 is 5.32 Å². The van der Waals surface area contributed by atoms with Gasteiger partial charge in [0.25, 0.3) is 0 Å². The summed E-state index contributed by atoms with van der Waals surface area (Å²) in [7, 11) is 0. The van der Waals surface area contributed by atoms with Crippen LogP contribution in [-0.4, -0.2) is 9.38 Å². The summed E-state index contributed by atoms with van der Waals surface area (Å²) in [6, 6.07) is 14.9. The van der Waals surface area contributed by atoms with Gasteiger partial charge in [0.2, 0.25) is 0 Å². The summed E-state index contributed by atoms with van der Waals surface area (Å²) < 4.78 is 2.05. The highest BCUT2D eigenvalue weighted by molar-refractivity contribution is 5.39. The molecular formula is C19H23N3. The highest BCUT2D eigenvalue weighted by Gasteiger charge is 2.12. The smallest absolute Gasteiger partial charge is 0.137 e. The summed E-state index contributed by atoms with van der Waals surface area (Å²) in [5, 5.41) is 3.46. The topological polar surface area (TPSA) is 29.3 Å². The lowest BCUT2D eigenvalue weighted by molar-refractivity contribution is 0.589. The van der Waals surface area contributed by atoms with Crippen molar-refractivity contribution in [3.63, 3.8) is 0 Å². The van der Waals surface area contributed by atoms with Gasteiger partial charge in [-0.15, -0.1) is 0 Å². The molecule has 0 fully saturated rings. The Morgan fingerprint density at radius 3 is 2.45 bits per heavy atom. The first-order chi connectivity index (χ1) is 10.5. The molecule has 114 valence electrons. The molecule has 0 aliphatic heterocycles. The Bertz CT molecular complexity index is 715. The minimum atomic E-state index is 0.211. The number of nitrogens with zero attached hydrogens (tertiary/aromatic N) is 2. The first-order valence-electron chi connectivity index (χ1n) is 7.75. The molecule has 0 unspecified atom stereocenters. The second-order valence-corrected chi connectivity index (χ2v) is 6.75. The molecule has 3 heteroatoms. The van der Waals surface area contributed by atoms with Crippen LogP contribution in [-0.2, 0) is 18.5 Å². The predicted octanol–water partition coefficient (Wildman–Crippen LogP) is 3.92. The van der Waals surface area contributed by atoms with Crippen molar-refractivity contribution in [3.8, 4) is 0 Å². The normalized spacial score (nSPS) is 12.0. The number of hydrogen-bond donors (Lipinski definition) is 1. The number of benzene rings is 1. The molecule has 1 N–H and O–H groups in total. The average molecular weight is 293 g/mol. The lowest BCUT2D eigenvalue weighted by Crippen LogP contribution is -2.14. The van der Waals surface area contributed by atoms with Crippen LogP contribution in [0.4, 0.5) is 0 Å². The number of aromatic nitrogens is 2. The van der Waals surface area contributed by atoms with Crippen LogP contribution in [0.2, 0.25) is 0 Å². The second kappa shape index (κ2) is 5.93. The number of hydrogen-bond acceptors (Lipinski definition) is 2.